The molecule has 4 heterocycles. The molecule has 0 N–H and O–H groups in total. The zero-order valence-corrected chi connectivity index (χ0v) is 12.5. The van der Waals surface area contributed by atoms with Gasteiger partial charge in [0, 0.05) is 38.2 Å². The molecule has 2 saturated heterocycles. The summed E-state index contributed by atoms with van der Waals surface area (Å²) in [6.07, 6.45) is 5.53. The average molecular weight is 300 g/mol. The molecule has 0 saturated carbocycles. The van der Waals surface area contributed by atoms with E-state index in [0.717, 1.165) is 44.8 Å². The van der Waals surface area contributed by atoms with Crippen molar-refractivity contribution >= 4 is 0 Å². The van der Waals surface area contributed by atoms with E-state index in [1.54, 1.807) is 12.5 Å². The molecule has 2 aliphatic rings. The van der Waals surface area contributed by atoms with Crippen LogP contribution in [0.5, 0.6) is 5.88 Å². The first-order chi connectivity index (χ1) is 10.8. The molecule has 2 aromatic rings. The van der Waals surface area contributed by atoms with Crippen LogP contribution in [0.4, 0.5) is 0 Å². The fraction of sp³-hybridized carbons (Fsp3) is 0.471. The number of hydrogen-bond donors (Lipinski definition) is 0. The lowest BCUT2D eigenvalue weighted by Crippen LogP contribution is -2.65. The average Bonchev–Trinajstić information content (AvgIpc) is 3.00. The monoisotopic (exact) mass is 300 g/mol. The maximum absolute atomic E-state index is 6.05. The number of pyridine rings is 1. The van der Waals surface area contributed by atoms with Gasteiger partial charge in [0.25, 0.3) is 0 Å². The molecule has 1 atom stereocenters. The first-order valence-corrected chi connectivity index (χ1v) is 7.78. The Hall–Kier alpha value is -1.85. The zero-order valence-electron chi connectivity index (χ0n) is 12.5. The highest BCUT2D eigenvalue weighted by Gasteiger charge is 2.48. The van der Waals surface area contributed by atoms with Gasteiger partial charge in [0.15, 0.2) is 0 Å². The molecule has 2 fully saturated rings. The minimum atomic E-state index is -0.0513. The molecule has 5 heteroatoms. The van der Waals surface area contributed by atoms with Crippen LogP contribution in [0.25, 0.3) is 0 Å². The van der Waals surface area contributed by atoms with Crippen molar-refractivity contribution < 1.29 is 13.9 Å². The maximum atomic E-state index is 6.05. The van der Waals surface area contributed by atoms with Crippen molar-refractivity contribution in [1.82, 2.24) is 9.88 Å². The van der Waals surface area contributed by atoms with E-state index in [-0.39, 0.29) is 11.7 Å². The molecule has 0 aliphatic carbocycles. The molecule has 1 spiro atoms. The van der Waals surface area contributed by atoms with Gasteiger partial charge in [-0.1, -0.05) is 6.07 Å². The Labute approximate surface area is 129 Å². The van der Waals surface area contributed by atoms with Crippen LogP contribution in [0, 0.1) is 0 Å². The smallest absolute Gasteiger partial charge is 0.213 e. The quantitative estimate of drug-likeness (QED) is 0.868. The largest absolute Gasteiger partial charge is 0.474 e. The molecular formula is C17H20N2O3. The second-order valence-corrected chi connectivity index (χ2v) is 6.16. The lowest BCUT2D eigenvalue weighted by Gasteiger charge is -2.52. The van der Waals surface area contributed by atoms with E-state index >= 15 is 0 Å². The van der Waals surface area contributed by atoms with Gasteiger partial charge in [0.2, 0.25) is 5.88 Å². The highest BCUT2D eigenvalue weighted by atomic mass is 16.5. The molecule has 2 aromatic heterocycles. The van der Waals surface area contributed by atoms with Crippen LogP contribution in [-0.2, 0) is 11.3 Å². The van der Waals surface area contributed by atoms with E-state index in [4.69, 9.17) is 13.9 Å². The summed E-state index contributed by atoms with van der Waals surface area (Å²) < 4.78 is 17.4. The maximum Gasteiger partial charge on any atom is 0.213 e. The summed E-state index contributed by atoms with van der Waals surface area (Å²) in [6.45, 7) is 3.49. The predicted molar refractivity (Wildman–Crippen MR) is 80.6 cm³/mol. The van der Waals surface area contributed by atoms with E-state index in [2.05, 4.69) is 9.88 Å². The van der Waals surface area contributed by atoms with Gasteiger partial charge in [-0.15, -0.1) is 0 Å². The minimum Gasteiger partial charge on any atom is -0.474 e. The third kappa shape index (κ3) is 2.87. The summed E-state index contributed by atoms with van der Waals surface area (Å²) in [4.78, 5) is 6.59. The van der Waals surface area contributed by atoms with Crippen molar-refractivity contribution in [2.24, 2.45) is 0 Å². The molecule has 4 rings (SSSR count). The first kappa shape index (κ1) is 13.8. The van der Waals surface area contributed by atoms with Gasteiger partial charge in [-0.25, -0.2) is 4.98 Å². The summed E-state index contributed by atoms with van der Waals surface area (Å²) in [5, 5.41) is 0. The Morgan fingerprint density at radius 2 is 2.23 bits per heavy atom. The topological polar surface area (TPSA) is 47.7 Å². The summed E-state index contributed by atoms with van der Waals surface area (Å²) in [5.41, 5.74) is -0.0513. The van der Waals surface area contributed by atoms with Gasteiger partial charge in [0.05, 0.1) is 25.0 Å². The Balaban J connectivity index is 1.32. The van der Waals surface area contributed by atoms with E-state index in [9.17, 15) is 0 Å². The Kier molecular flexibility index (Phi) is 3.60. The molecule has 0 bridgehead atoms. The van der Waals surface area contributed by atoms with Gasteiger partial charge in [-0.05, 0) is 18.2 Å². The number of furan rings is 1. The van der Waals surface area contributed by atoms with Gasteiger partial charge < -0.3 is 13.9 Å². The molecule has 116 valence electrons. The van der Waals surface area contributed by atoms with Crippen LogP contribution >= 0.6 is 0 Å². The highest BCUT2D eigenvalue weighted by molar-refractivity contribution is 5.11. The van der Waals surface area contributed by atoms with Gasteiger partial charge in [-0.2, -0.15) is 0 Å². The molecule has 0 amide bonds. The fourth-order valence-corrected chi connectivity index (χ4v) is 3.39. The lowest BCUT2D eigenvalue weighted by molar-refractivity contribution is -0.189. The second-order valence-electron chi connectivity index (χ2n) is 6.16. The van der Waals surface area contributed by atoms with Crippen molar-refractivity contribution in [2.45, 2.75) is 31.1 Å². The molecule has 5 nitrogen and oxygen atoms in total. The summed E-state index contributed by atoms with van der Waals surface area (Å²) >= 11 is 0. The van der Waals surface area contributed by atoms with Crippen molar-refractivity contribution in [3.8, 4) is 5.88 Å². The van der Waals surface area contributed by atoms with E-state index < -0.39 is 0 Å². The number of ether oxygens (including phenoxy) is 2. The van der Waals surface area contributed by atoms with E-state index in [1.165, 1.54) is 0 Å². The van der Waals surface area contributed by atoms with Crippen LogP contribution in [0.1, 0.15) is 18.6 Å². The molecule has 0 unspecified atom stereocenters. The van der Waals surface area contributed by atoms with Crippen molar-refractivity contribution in [3.05, 3.63) is 48.6 Å². The van der Waals surface area contributed by atoms with Crippen LogP contribution in [-0.4, -0.2) is 41.3 Å². The normalized spacial score (nSPS) is 24.1. The summed E-state index contributed by atoms with van der Waals surface area (Å²) in [7, 11) is 0. The standard InChI is InChI=1S/C17H20N2O3/c1-2-7-18-16(5-1)22-14-6-9-21-17(10-14)12-19(13-17)11-15-4-3-8-20-15/h1-5,7-8,14H,6,9-13H2/t14-/m0/s1. The van der Waals surface area contributed by atoms with Crippen molar-refractivity contribution in [1.29, 1.82) is 0 Å². The fourth-order valence-electron chi connectivity index (χ4n) is 3.39. The van der Waals surface area contributed by atoms with Crippen molar-refractivity contribution in [2.75, 3.05) is 19.7 Å². The van der Waals surface area contributed by atoms with Crippen LogP contribution in [0.2, 0.25) is 0 Å². The Morgan fingerprint density at radius 1 is 1.27 bits per heavy atom. The third-order valence-corrected chi connectivity index (χ3v) is 4.36. The number of hydrogen-bond acceptors (Lipinski definition) is 5. The van der Waals surface area contributed by atoms with Gasteiger partial charge >= 0.3 is 0 Å². The molecule has 2 aliphatic heterocycles. The zero-order chi connectivity index (χ0) is 14.8. The first-order valence-electron chi connectivity index (χ1n) is 7.78. The lowest BCUT2D eigenvalue weighted by atomic mass is 9.84. The Bertz CT molecular complexity index is 594. The predicted octanol–water partition coefficient (Wildman–Crippen LogP) is 2.49. The van der Waals surface area contributed by atoms with E-state index in [0.29, 0.717) is 5.88 Å². The molecule has 22 heavy (non-hydrogen) atoms. The highest BCUT2D eigenvalue weighted by Crippen LogP contribution is 2.36. The van der Waals surface area contributed by atoms with Crippen LogP contribution < -0.4 is 4.74 Å². The number of likely N-dealkylation sites (tertiary alicyclic amines) is 1. The van der Waals surface area contributed by atoms with Crippen LogP contribution in [0.15, 0.2) is 47.2 Å². The number of nitrogens with zero attached hydrogens (tertiary/aromatic N) is 2. The second kappa shape index (κ2) is 5.74. The van der Waals surface area contributed by atoms with E-state index in [1.807, 2.05) is 30.3 Å². The Morgan fingerprint density at radius 3 is 3.00 bits per heavy atom. The van der Waals surface area contributed by atoms with Crippen LogP contribution in [0.3, 0.4) is 0 Å². The molecule has 0 radical (unpaired) electrons. The van der Waals surface area contributed by atoms with Gasteiger partial charge in [0.1, 0.15) is 11.9 Å². The molecule has 0 aromatic carbocycles. The molecular weight excluding hydrogens is 280 g/mol. The van der Waals surface area contributed by atoms with Gasteiger partial charge in [-0.3, -0.25) is 4.90 Å². The number of rotatable bonds is 4. The SMILES string of the molecule is c1ccc(O[C@H]2CCOC3(C2)CN(Cc2ccco2)C3)nc1. The number of aromatic nitrogens is 1. The minimum absolute atomic E-state index is 0.0513. The summed E-state index contributed by atoms with van der Waals surface area (Å²) in [5.74, 6) is 1.71. The van der Waals surface area contributed by atoms with Crippen molar-refractivity contribution in [3.63, 3.8) is 0 Å². The third-order valence-electron chi connectivity index (χ3n) is 4.36. The summed E-state index contributed by atoms with van der Waals surface area (Å²) in [6, 6.07) is 9.70.